The van der Waals surface area contributed by atoms with Crippen LogP contribution in [0.2, 0.25) is 0 Å². The number of amides is 1. The molecule has 3 aromatic rings. The van der Waals surface area contributed by atoms with Crippen LogP contribution in [0.25, 0.3) is 11.0 Å². The molecule has 0 radical (unpaired) electrons. The van der Waals surface area contributed by atoms with Gasteiger partial charge in [-0.1, -0.05) is 24.3 Å². The molecule has 0 aliphatic heterocycles. The lowest BCUT2D eigenvalue weighted by atomic mass is 10.1. The largest absolute Gasteiger partial charge is 0.497 e. The molecule has 154 valence electrons. The third-order valence-corrected chi connectivity index (χ3v) is 4.81. The van der Waals surface area contributed by atoms with Crippen LogP contribution in [-0.4, -0.2) is 35.8 Å². The minimum atomic E-state index is -0.0140. The molecular weight excluding hydrogens is 366 g/mol. The summed E-state index contributed by atoms with van der Waals surface area (Å²) in [6.07, 6.45) is 2.95. The number of fused-ring (bicyclic) bond motifs is 1. The molecule has 6 nitrogen and oxygen atoms in total. The van der Waals surface area contributed by atoms with E-state index in [0.29, 0.717) is 25.6 Å². The number of benzene rings is 2. The first-order valence-corrected chi connectivity index (χ1v) is 10.2. The number of carbonyl (C=O) groups excluding carboxylic acids is 1. The van der Waals surface area contributed by atoms with Crippen LogP contribution in [0.4, 0.5) is 5.95 Å². The minimum Gasteiger partial charge on any atom is -0.497 e. The number of nitrogens with zero attached hydrogens (tertiary/aromatic N) is 2. The van der Waals surface area contributed by atoms with E-state index >= 15 is 0 Å². The summed E-state index contributed by atoms with van der Waals surface area (Å²) in [5.74, 6) is 1.44. The van der Waals surface area contributed by atoms with Gasteiger partial charge >= 0.3 is 0 Å². The fourth-order valence-electron chi connectivity index (χ4n) is 3.30. The van der Waals surface area contributed by atoms with Gasteiger partial charge in [0.1, 0.15) is 5.75 Å². The zero-order valence-electron chi connectivity index (χ0n) is 17.2. The van der Waals surface area contributed by atoms with Crippen molar-refractivity contribution in [1.82, 2.24) is 9.55 Å². The van der Waals surface area contributed by atoms with Crippen LogP contribution in [0.15, 0.2) is 48.5 Å². The van der Waals surface area contributed by atoms with Gasteiger partial charge in [-0.25, -0.2) is 4.98 Å². The van der Waals surface area contributed by atoms with E-state index in [2.05, 4.69) is 14.9 Å². The monoisotopic (exact) mass is 395 g/mol. The first kappa shape index (κ1) is 20.9. The summed E-state index contributed by atoms with van der Waals surface area (Å²) < 4.78 is 12.7. The van der Waals surface area contributed by atoms with Gasteiger partial charge in [-0.05, 0) is 56.0 Å². The second-order valence-corrected chi connectivity index (χ2v) is 6.88. The molecule has 3 rings (SSSR count). The fraction of sp³-hybridized carbons (Fsp3) is 0.391. The molecule has 0 aliphatic rings. The molecule has 0 atom stereocenters. The van der Waals surface area contributed by atoms with Crippen molar-refractivity contribution in [3.8, 4) is 5.75 Å². The highest BCUT2D eigenvalue weighted by atomic mass is 16.5. The van der Waals surface area contributed by atoms with Crippen LogP contribution >= 0.6 is 0 Å². The summed E-state index contributed by atoms with van der Waals surface area (Å²) in [5, 5.41) is 3.00. The van der Waals surface area contributed by atoms with E-state index in [-0.39, 0.29) is 5.91 Å². The molecule has 1 amide bonds. The van der Waals surface area contributed by atoms with E-state index < -0.39 is 0 Å². The minimum absolute atomic E-state index is 0.0140. The Bertz CT molecular complexity index is 919. The normalized spacial score (nSPS) is 11.0. The standard InChI is InChI=1S/C23H29N3O3/c1-3-29-17-7-16-26-21-10-5-4-9-20(21)24-23(26)25-22(27)11-6-8-18-12-14-19(28-2)15-13-18/h4-5,9-10,12-15H,3,6-8,11,16-17H2,1-2H3,(H,24,25,27). The smallest absolute Gasteiger partial charge is 0.226 e. The van der Waals surface area contributed by atoms with E-state index in [1.54, 1.807) is 7.11 Å². The number of nitrogens with one attached hydrogen (secondary N) is 1. The summed E-state index contributed by atoms with van der Waals surface area (Å²) in [6, 6.07) is 15.9. The SMILES string of the molecule is CCOCCCn1c(NC(=O)CCCc2ccc(OC)cc2)nc2ccccc21. The quantitative estimate of drug-likeness (QED) is 0.488. The Labute approximate surface area is 171 Å². The van der Waals surface area contributed by atoms with Crippen molar-refractivity contribution in [2.45, 2.75) is 39.2 Å². The van der Waals surface area contributed by atoms with E-state index in [0.717, 1.165) is 42.6 Å². The van der Waals surface area contributed by atoms with Gasteiger partial charge in [-0.2, -0.15) is 0 Å². The highest BCUT2D eigenvalue weighted by Gasteiger charge is 2.13. The van der Waals surface area contributed by atoms with Crippen LogP contribution in [0, 0.1) is 0 Å². The highest BCUT2D eigenvalue weighted by molar-refractivity contribution is 5.91. The molecule has 29 heavy (non-hydrogen) atoms. The maximum atomic E-state index is 12.5. The molecule has 0 aliphatic carbocycles. The fourth-order valence-corrected chi connectivity index (χ4v) is 3.30. The first-order chi connectivity index (χ1) is 14.2. The Kier molecular flexibility index (Phi) is 7.64. The zero-order chi connectivity index (χ0) is 20.5. The number of carbonyl (C=O) groups is 1. The molecule has 0 fully saturated rings. The Balaban J connectivity index is 1.58. The van der Waals surface area contributed by atoms with Crippen LogP contribution in [-0.2, 0) is 22.5 Å². The second kappa shape index (κ2) is 10.6. The Morgan fingerprint density at radius 3 is 2.66 bits per heavy atom. The third kappa shape index (κ3) is 5.81. The van der Waals surface area contributed by atoms with Gasteiger partial charge < -0.3 is 14.0 Å². The number of hydrogen-bond donors (Lipinski definition) is 1. The lowest BCUT2D eigenvalue weighted by Gasteiger charge is -2.10. The van der Waals surface area contributed by atoms with Crippen LogP contribution in [0.1, 0.15) is 31.7 Å². The molecule has 0 unspecified atom stereocenters. The van der Waals surface area contributed by atoms with E-state index in [1.165, 1.54) is 5.56 Å². The molecular formula is C23H29N3O3. The number of aryl methyl sites for hydroxylation is 2. The average Bonchev–Trinajstić information content (AvgIpc) is 3.08. The summed E-state index contributed by atoms with van der Waals surface area (Å²) in [7, 11) is 1.66. The topological polar surface area (TPSA) is 65.4 Å². The molecule has 1 N–H and O–H groups in total. The van der Waals surface area contributed by atoms with Crippen molar-refractivity contribution in [1.29, 1.82) is 0 Å². The predicted octanol–water partition coefficient (Wildman–Crippen LogP) is 4.43. The second-order valence-electron chi connectivity index (χ2n) is 6.88. The van der Waals surface area contributed by atoms with Crippen molar-refractivity contribution < 1.29 is 14.3 Å². The number of hydrogen-bond acceptors (Lipinski definition) is 4. The van der Waals surface area contributed by atoms with Crippen molar-refractivity contribution in [2.24, 2.45) is 0 Å². The van der Waals surface area contributed by atoms with Crippen LogP contribution in [0.3, 0.4) is 0 Å². The third-order valence-electron chi connectivity index (χ3n) is 4.81. The van der Waals surface area contributed by atoms with Crippen molar-refractivity contribution in [3.63, 3.8) is 0 Å². The van der Waals surface area contributed by atoms with Gasteiger partial charge in [-0.15, -0.1) is 0 Å². The zero-order valence-corrected chi connectivity index (χ0v) is 17.2. The van der Waals surface area contributed by atoms with Crippen LogP contribution in [0.5, 0.6) is 5.75 Å². The van der Waals surface area contributed by atoms with Gasteiger partial charge in [0.05, 0.1) is 18.1 Å². The van der Waals surface area contributed by atoms with Gasteiger partial charge in [0.2, 0.25) is 11.9 Å². The van der Waals surface area contributed by atoms with Gasteiger partial charge in [0.25, 0.3) is 0 Å². The average molecular weight is 396 g/mol. The van der Waals surface area contributed by atoms with Crippen molar-refractivity contribution in [3.05, 3.63) is 54.1 Å². The Morgan fingerprint density at radius 2 is 1.90 bits per heavy atom. The summed E-state index contributed by atoms with van der Waals surface area (Å²) in [6.45, 7) is 4.15. The van der Waals surface area contributed by atoms with Gasteiger partial charge in [-0.3, -0.25) is 10.1 Å². The van der Waals surface area contributed by atoms with Gasteiger partial charge in [0, 0.05) is 26.2 Å². The number of aromatic nitrogens is 2. The number of para-hydroxylation sites is 2. The summed E-state index contributed by atoms with van der Waals surface area (Å²) in [5.41, 5.74) is 3.11. The molecule has 0 spiro atoms. The number of methoxy groups -OCH3 is 1. The Morgan fingerprint density at radius 1 is 1.10 bits per heavy atom. The number of rotatable bonds is 11. The molecule has 0 bridgehead atoms. The lowest BCUT2D eigenvalue weighted by molar-refractivity contribution is -0.116. The molecule has 1 aromatic heterocycles. The summed E-state index contributed by atoms with van der Waals surface area (Å²) in [4.78, 5) is 17.1. The number of anilines is 1. The van der Waals surface area contributed by atoms with Crippen molar-refractivity contribution in [2.75, 3.05) is 25.6 Å². The maximum Gasteiger partial charge on any atom is 0.226 e. The molecule has 1 heterocycles. The van der Waals surface area contributed by atoms with E-state index in [9.17, 15) is 4.79 Å². The predicted molar refractivity (Wildman–Crippen MR) is 115 cm³/mol. The molecule has 0 saturated carbocycles. The van der Waals surface area contributed by atoms with Crippen LogP contribution < -0.4 is 10.1 Å². The highest BCUT2D eigenvalue weighted by Crippen LogP contribution is 2.20. The summed E-state index contributed by atoms with van der Waals surface area (Å²) >= 11 is 0. The van der Waals surface area contributed by atoms with Gasteiger partial charge in [0.15, 0.2) is 0 Å². The van der Waals surface area contributed by atoms with E-state index in [1.807, 2.05) is 55.5 Å². The van der Waals surface area contributed by atoms with E-state index in [4.69, 9.17) is 9.47 Å². The maximum absolute atomic E-state index is 12.5. The number of imidazole rings is 1. The molecule has 0 saturated heterocycles. The van der Waals surface area contributed by atoms with Crippen molar-refractivity contribution >= 4 is 22.9 Å². The molecule has 2 aromatic carbocycles. The molecule has 6 heteroatoms. The first-order valence-electron chi connectivity index (χ1n) is 10.2. The number of ether oxygens (including phenoxy) is 2. The lowest BCUT2D eigenvalue weighted by Crippen LogP contribution is -2.16. The Hall–Kier alpha value is -2.86.